The summed E-state index contributed by atoms with van der Waals surface area (Å²) in [6.07, 6.45) is 4.07. The van der Waals surface area contributed by atoms with Crippen molar-refractivity contribution in [3.8, 4) is 0 Å². The molecule has 0 unspecified atom stereocenters. The van der Waals surface area contributed by atoms with Crippen LogP contribution in [0.15, 0.2) is 18.2 Å². The predicted molar refractivity (Wildman–Crippen MR) is 72.7 cm³/mol. The molecule has 0 aliphatic heterocycles. The van der Waals surface area contributed by atoms with Gasteiger partial charge in [0, 0.05) is 18.0 Å². The van der Waals surface area contributed by atoms with Gasteiger partial charge in [-0.15, -0.1) is 11.6 Å². The fourth-order valence-corrected chi connectivity index (χ4v) is 1.80. The second-order valence-corrected chi connectivity index (χ2v) is 4.70. The van der Waals surface area contributed by atoms with E-state index in [1.165, 1.54) is 6.07 Å². The maximum absolute atomic E-state index is 13.3. The zero-order chi connectivity index (χ0) is 13.4. The molecule has 0 radical (unpaired) electrons. The van der Waals surface area contributed by atoms with Crippen molar-refractivity contribution < 1.29 is 9.18 Å². The molecule has 100 valence electrons. The average molecular weight is 272 g/mol. The van der Waals surface area contributed by atoms with E-state index >= 15 is 0 Å². The Kier molecular flexibility index (Phi) is 6.73. The number of rotatable bonds is 7. The van der Waals surface area contributed by atoms with Crippen molar-refractivity contribution in [1.82, 2.24) is 5.32 Å². The van der Waals surface area contributed by atoms with Crippen LogP contribution in [0, 0.1) is 12.7 Å². The maximum atomic E-state index is 13.3. The van der Waals surface area contributed by atoms with E-state index in [1.807, 2.05) is 0 Å². The molecular formula is C14H19ClFNO. The van der Waals surface area contributed by atoms with Gasteiger partial charge in [-0.1, -0.05) is 18.9 Å². The number of unbranched alkanes of at least 4 members (excludes halogenated alkanes) is 3. The second kappa shape index (κ2) is 8.09. The minimum atomic E-state index is -0.343. The van der Waals surface area contributed by atoms with Gasteiger partial charge in [0.05, 0.1) is 0 Å². The third-order valence-electron chi connectivity index (χ3n) is 2.78. The van der Waals surface area contributed by atoms with Crippen LogP contribution in [-0.4, -0.2) is 18.3 Å². The zero-order valence-corrected chi connectivity index (χ0v) is 11.4. The van der Waals surface area contributed by atoms with Crippen LogP contribution >= 0.6 is 11.6 Å². The van der Waals surface area contributed by atoms with E-state index in [1.54, 1.807) is 19.1 Å². The van der Waals surface area contributed by atoms with Crippen LogP contribution in [0.25, 0.3) is 0 Å². The van der Waals surface area contributed by atoms with Gasteiger partial charge in [-0.25, -0.2) is 4.39 Å². The molecule has 0 bridgehead atoms. The van der Waals surface area contributed by atoms with Gasteiger partial charge in [0.2, 0.25) is 0 Å². The van der Waals surface area contributed by atoms with E-state index in [9.17, 15) is 9.18 Å². The number of aryl methyl sites for hydroxylation is 1. The molecule has 0 aliphatic rings. The number of alkyl halides is 1. The molecule has 0 atom stereocenters. The topological polar surface area (TPSA) is 29.1 Å². The number of nitrogens with one attached hydrogen (secondary N) is 1. The highest BCUT2D eigenvalue weighted by molar-refractivity contribution is 6.17. The molecule has 1 N–H and O–H groups in total. The summed E-state index contributed by atoms with van der Waals surface area (Å²) in [7, 11) is 0. The van der Waals surface area contributed by atoms with Gasteiger partial charge in [0.1, 0.15) is 5.82 Å². The first-order chi connectivity index (χ1) is 8.65. The van der Waals surface area contributed by atoms with Crippen molar-refractivity contribution in [3.63, 3.8) is 0 Å². The zero-order valence-electron chi connectivity index (χ0n) is 10.6. The minimum Gasteiger partial charge on any atom is -0.352 e. The summed E-state index contributed by atoms with van der Waals surface area (Å²) in [5.41, 5.74) is 0.923. The quantitative estimate of drug-likeness (QED) is 0.595. The third-order valence-corrected chi connectivity index (χ3v) is 3.05. The smallest absolute Gasteiger partial charge is 0.251 e. The Morgan fingerprint density at radius 2 is 2.00 bits per heavy atom. The normalized spacial score (nSPS) is 10.4. The van der Waals surface area contributed by atoms with Gasteiger partial charge in [0.15, 0.2) is 0 Å². The van der Waals surface area contributed by atoms with Crippen molar-refractivity contribution >= 4 is 17.5 Å². The lowest BCUT2D eigenvalue weighted by Crippen LogP contribution is -2.24. The number of hydrogen-bond donors (Lipinski definition) is 1. The van der Waals surface area contributed by atoms with Gasteiger partial charge in [-0.3, -0.25) is 4.79 Å². The molecule has 1 rings (SSSR count). The number of halogens is 2. The first-order valence-electron chi connectivity index (χ1n) is 6.25. The SMILES string of the molecule is Cc1ccc(C(=O)NCCCCCCCl)cc1F. The lowest BCUT2D eigenvalue weighted by atomic mass is 10.1. The summed E-state index contributed by atoms with van der Waals surface area (Å²) in [5.74, 6) is 0.130. The van der Waals surface area contributed by atoms with Crippen LogP contribution in [0.1, 0.15) is 41.6 Å². The number of amides is 1. The molecule has 0 saturated heterocycles. The Morgan fingerprint density at radius 3 is 2.67 bits per heavy atom. The summed E-state index contributed by atoms with van der Waals surface area (Å²) >= 11 is 5.57. The van der Waals surface area contributed by atoms with E-state index in [-0.39, 0.29) is 11.7 Å². The fraction of sp³-hybridized carbons (Fsp3) is 0.500. The number of carbonyl (C=O) groups excluding carboxylic acids is 1. The minimum absolute atomic E-state index is 0.216. The van der Waals surface area contributed by atoms with Crippen molar-refractivity contribution in [1.29, 1.82) is 0 Å². The lowest BCUT2D eigenvalue weighted by Gasteiger charge is -2.06. The van der Waals surface area contributed by atoms with Crippen LogP contribution in [0.5, 0.6) is 0 Å². The van der Waals surface area contributed by atoms with Crippen LogP contribution in [0.4, 0.5) is 4.39 Å². The molecule has 18 heavy (non-hydrogen) atoms. The van der Waals surface area contributed by atoms with E-state index in [0.29, 0.717) is 23.6 Å². The molecule has 2 nitrogen and oxygen atoms in total. The Morgan fingerprint density at radius 1 is 1.28 bits per heavy atom. The third kappa shape index (κ3) is 5.05. The molecule has 0 heterocycles. The van der Waals surface area contributed by atoms with Crippen molar-refractivity contribution in [2.45, 2.75) is 32.6 Å². The average Bonchev–Trinajstić information content (AvgIpc) is 2.36. The molecule has 1 aromatic carbocycles. The first kappa shape index (κ1) is 15.0. The van der Waals surface area contributed by atoms with Crippen molar-refractivity contribution in [2.75, 3.05) is 12.4 Å². The Labute approximate surface area is 113 Å². The monoisotopic (exact) mass is 271 g/mol. The highest BCUT2D eigenvalue weighted by Gasteiger charge is 2.07. The van der Waals surface area contributed by atoms with Crippen LogP contribution in [0.2, 0.25) is 0 Å². The molecule has 0 aromatic heterocycles. The standard InChI is InChI=1S/C14H19ClFNO/c1-11-6-7-12(10-13(11)16)14(18)17-9-5-3-2-4-8-15/h6-7,10H,2-5,8-9H2,1H3,(H,17,18). The van der Waals surface area contributed by atoms with Crippen LogP contribution in [0.3, 0.4) is 0 Å². The number of carbonyl (C=O) groups is 1. The molecule has 0 saturated carbocycles. The first-order valence-corrected chi connectivity index (χ1v) is 6.79. The summed E-state index contributed by atoms with van der Waals surface area (Å²) < 4.78 is 13.3. The summed E-state index contributed by atoms with van der Waals surface area (Å²) in [5, 5.41) is 2.78. The second-order valence-electron chi connectivity index (χ2n) is 4.32. The molecular weight excluding hydrogens is 253 g/mol. The lowest BCUT2D eigenvalue weighted by molar-refractivity contribution is 0.0952. The Hall–Kier alpha value is -1.09. The number of hydrogen-bond acceptors (Lipinski definition) is 1. The molecule has 1 amide bonds. The molecule has 1 aromatic rings. The molecule has 0 aliphatic carbocycles. The van der Waals surface area contributed by atoms with Crippen LogP contribution < -0.4 is 5.32 Å². The van der Waals surface area contributed by atoms with Crippen molar-refractivity contribution in [2.24, 2.45) is 0 Å². The van der Waals surface area contributed by atoms with Gasteiger partial charge < -0.3 is 5.32 Å². The summed E-state index contributed by atoms with van der Waals surface area (Å²) in [6, 6.07) is 4.53. The van der Waals surface area contributed by atoms with Gasteiger partial charge in [0.25, 0.3) is 5.91 Å². The van der Waals surface area contributed by atoms with Crippen molar-refractivity contribution in [3.05, 3.63) is 35.1 Å². The highest BCUT2D eigenvalue weighted by atomic mass is 35.5. The predicted octanol–water partition coefficient (Wildman–Crippen LogP) is 3.66. The molecule has 0 fully saturated rings. The van der Waals surface area contributed by atoms with E-state index in [0.717, 1.165) is 25.7 Å². The van der Waals surface area contributed by atoms with E-state index in [2.05, 4.69) is 5.32 Å². The Balaban J connectivity index is 2.30. The van der Waals surface area contributed by atoms with Gasteiger partial charge in [-0.05, 0) is 37.5 Å². The fourth-order valence-electron chi connectivity index (χ4n) is 1.61. The van der Waals surface area contributed by atoms with E-state index in [4.69, 9.17) is 11.6 Å². The summed E-state index contributed by atoms with van der Waals surface area (Å²) in [4.78, 5) is 11.7. The molecule has 4 heteroatoms. The van der Waals surface area contributed by atoms with Gasteiger partial charge in [-0.2, -0.15) is 0 Å². The van der Waals surface area contributed by atoms with Gasteiger partial charge >= 0.3 is 0 Å². The number of benzene rings is 1. The Bertz CT molecular complexity index is 395. The summed E-state index contributed by atoms with van der Waals surface area (Å²) in [6.45, 7) is 2.30. The van der Waals surface area contributed by atoms with Crippen LogP contribution in [-0.2, 0) is 0 Å². The molecule has 0 spiro atoms. The highest BCUT2D eigenvalue weighted by Crippen LogP contribution is 2.09. The largest absolute Gasteiger partial charge is 0.352 e. The maximum Gasteiger partial charge on any atom is 0.251 e. The van der Waals surface area contributed by atoms with E-state index < -0.39 is 0 Å².